The van der Waals surface area contributed by atoms with Gasteiger partial charge in [0.25, 0.3) is 5.91 Å². The quantitative estimate of drug-likeness (QED) is 0.234. The number of rotatable bonds is 8. The van der Waals surface area contributed by atoms with Crippen LogP contribution >= 0.6 is 0 Å². The number of fused-ring (bicyclic) bond motifs is 1. The van der Waals surface area contributed by atoms with E-state index >= 15 is 4.39 Å². The molecule has 2 aromatic heterocycles. The Bertz CT molecular complexity index is 1760. The maximum Gasteiger partial charge on any atom is 0.255 e. The lowest BCUT2D eigenvalue weighted by molar-refractivity contribution is 0.0965. The summed E-state index contributed by atoms with van der Waals surface area (Å²) in [7, 11) is 3.12. The van der Waals surface area contributed by atoms with E-state index in [-0.39, 0.29) is 22.3 Å². The number of ether oxygens (including phenoxy) is 1. The maximum absolute atomic E-state index is 16.5. The number of amides is 1. The molecule has 2 N–H and O–H groups in total. The molecular weight excluding hydrogens is 522 g/mol. The number of benzene rings is 3. The number of nitrogens with zero attached hydrogens (tertiary/aromatic N) is 2. The van der Waals surface area contributed by atoms with Crippen molar-refractivity contribution >= 4 is 11.4 Å². The summed E-state index contributed by atoms with van der Waals surface area (Å²) < 4.78 is 37.1. The van der Waals surface area contributed by atoms with Crippen LogP contribution in [0.2, 0.25) is 0 Å². The normalized spacial score (nSPS) is 13.8. The van der Waals surface area contributed by atoms with Crippen LogP contribution in [0.1, 0.15) is 39.9 Å². The number of methoxy groups -OCH3 is 1. The summed E-state index contributed by atoms with van der Waals surface area (Å²) in [4.78, 5) is 13.0. The molecule has 1 fully saturated rings. The van der Waals surface area contributed by atoms with Crippen LogP contribution in [-0.4, -0.2) is 29.7 Å². The third-order valence-electron chi connectivity index (χ3n) is 7.92. The smallest absolute Gasteiger partial charge is 0.255 e. The molecule has 3 aromatic carbocycles. The van der Waals surface area contributed by atoms with Gasteiger partial charge in [-0.15, -0.1) is 0 Å². The van der Waals surface area contributed by atoms with E-state index in [4.69, 9.17) is 4.74 Å². The number of hydrogen-bond acceptors (Lipinski definition) is 4. The Morgan fingerprint density at radius 3 is 2.41 bits per heavy atom. The van der Waals surface area contributed by atoms with Gasteiger partial charge >= 0.3 is 0 Å². The minimum atomic E-state index is -0.568. The molecule has 0 radical (unpaired) electrons. The first-order valence-corrected chi connectivity index (χ1v) is 13.5. The summed E-state index contributed by atoms with van der Waals surface area (Å²) in [5.74, 6) is -0.744. The molecule has 208 valence electrons. The minimum Gasteiger partial charge on any atom is -0.496 e. The predicted octanol–water partition coefficient (Wildman–Crippen LogP) is 6.40. The fourth-order valence-corrected chi connectivity index (χ4v) is 5.52. The Labute approximate surface area is 237 Å². The standard InChI is InChI=1S/C33H30F2N4O2/c1-20-17-27(41-3)22(19-37-33(14-15-33)23-7-5-4-6-8-23)18-26(20)25-13-16-39-31(29(25)35)28(32(40)36-2)30(38-39)21-9-11-24(34)12-10-21/h4-13,16-18,37H,14-15,19H2,1-3H3,(H,36,40). The van der Waals surface area contributed by atoms with Crippen molar-refractivity contribution in [2.75, 3.05) is 14.2 Å². The van der Waals surface area contributed by atoms with E-state index in [0.717, 1.165) is 29.7 Å². The summed E-state index contributed by atoms with van der Waals surface area (Å²) in [6.45, 7) is 2.45. The molecule has 1 aliphatic carbocycles. The van der Waals surface area contributed by atoms with Crippen LogP contribution in [0.3, 0.4) is 0 Å². The highest BCUT2D eigenvalue weighted by atomic mass is 19.1. The lowest BCUT2D eigenvalue weighted by Gasteiger charge is -2.20. The SMILES string of the molecule is CNC(=O)c1c(-c2ccc(F)cc2)nn2ccc(-c3cc(CNC4(c5ccccc5)CC4)c(OC)cc3C)c(F)c12. The van der Waals surface area contributed by atoms with Crippen molar-refractivity contribution in [3.8, 4) is 28.1 Å². The summed E-state index contributed by atoms with van der Waals surface area (Å²) in [6, 6.07) is 21.5. The highest BCUT2D eigenvalue weighted by molar-refractivity contribution is 6.07. The Morgan fingerprint density at radius 2 is 1.76 bits per heavy atom. The van der Waals surface area contributed by atoms with Crippen LogP contribution in [0, 0.1) is 18.6 Å². The molecule has 8 heteroatoms. The second kappa shape index (κ2) is 10.4. The second-order valence-electron chi connectivity index (χ2n) is 10.4. The fourth-order valence-electron chi connectivity index (χ4n) is 5.52. The second-order valence-corrected chi connectivity index (χ2v) is 10.4. The van der Waals surface area contributed by atoms with Crippen molar-refractivity contribution < 1.29 is 18.3 Å². The van der Waals surface area contributed by atoms with Crippen LogP contribution < -0.4 is 15.4 Å². The molecule has 6 rings (SSSR count). The summed E-state index contributed by atoms with van der Waals surface area (Å²) >= 11 is 0. The Morgan fingerprint density at radius 1 is 1.02 bits per heavy atom. The molecule has 1 amide bonds. The fraction of sp³-hybridized carbons (Fsp3) is 0.212. The van der Waals surface area contributed by atoms with Crippen molar-refractivity contribution in [3.05, 3.63) is 113 Å². The van der Waals surface area contributed by atoms with Crippen LogP contribution in [0.25, 0.3) is 27.9 Å². The monoisotopic (exact) mass is 552 g/mol. The van der Waals surface area contributed by atoms with Gasteiger partial charge < -0.3 is 15.4 Å². The average molecular weight is 553 g/mol. The number of aryl methyl sites for hydroxylation is 1. The van der Waals surface area contributed by atoms with Crippen LogP contribution in [-0.2, 0) is 12.1 Å². The number of aromatic nitrogens is 2. The molecule has 0 aliphatic heterocycles. The van der Waals surface area contributed by atoms with Gasteiger partial charge in [-0.3, -0.25) is 4.79 Å². The first kappa shape index (κ1) is 26.7. The van der Waals surface area contributed by atoms with Crippen LogP contribution in [0.15, 0.2) is 79.0 Å². The average Bonchev–Trinajstić information content (AvgIpc) is 3.69. The number of pyridine rings is 1. The maximum atomic E-state index is 16.5. The molecule has 0 bridgehead atoms. The number of carbonyl (C=O) groups is 1. The molecule has 6 nitrogen and oxygen atoms in total. The molecule has 5 aromatic rings. The van der Waals surface area contributed by atoms with E-state index in [2.05, 4.69) is 27.9 Å². The zero-order valence-corrected chi connectivity index (χ0v) is 23.1. The molecule has 0 spiro atoms. The highest BCUT2D eigenvalue weighted by Crippen LogP contribution is 2.46. The third-order valence-corrected chi connectivity index (χ3v) is 7.92. The van der Waals surface area contributed by atoms with Crippen molar-refractivity contribution in [2.24, 2.45) is 0 Å². The van der Waals surface area contributed by atoms with Gasteiger partial charge in [-0.25, -0.2) is 13.3 Å². The molecular formula is C33H30F2N4O2. The highest BCUT2D eigenvalue weighted by Gasteiger charge is 2.43. The topological polar surface area (TPSA) is 67.7 Å². The number of carbonyl (C=O) groups excluding carboxylic acids is 1. The zero-order valence-electron chi connectivity index (χ0n) is 23.1. The Hall–Kier alpha value is -4.56. The van der Waals surface area contributed by atoms with E-state index < -0.39 is 17.5 Å². The lowest BCUT2D eigenvalue weighted by Crippen LogP contribution is -2.28. The minimum absolute atomic E-state index is 0.0529. The summed E-state index contributed by atoms with van der Waals surface area (Å²) in [5.41, 5.74) is 4.88. The summed E-state index contributed by atoms with van der Waals surface area (Å²) in [5, 5.41) is 10.8. The van der Waals surface area contributed by atoms with E-state index in [1.165, 1.54) is 41.4 Å². The van der Waals surface area contributed by atoms with Gasteiger partial charge in [-0.2, -0.15) is 5.10 Å². The molecule has 2 heterocycles. The van der Waals surface area contributed by atoms with E-state index in [0.29, 0.717) is 23.2 Å². The molecule has 41 heavy (non-hydrogen) atoms. The first-order chi connectivity index (χ1) is 19.8. The van der Waals surface area contributed by atoms with Crippen LogP contribution in [0.5, 0.6) is 5.75 Å². The number of hydrogen-bond donors (Lipinski definition) is 2. The van der Waals surface area contributed by atoms with Crippen molar-refractivity contribution in [3.63, 3.8) is 0 Å². The number of halogens is 2. The molecule has 0 atom stereocenters. The van der Waals surface area contributed by atoms with E-state index in [9.17, 15) is 9.18 Å². The molecule has 0 unspecified atom stereocenters. The van der Waals surface area contributed by atoms with Crippen molar-refractivity contribution in [1.29, 1.82) is 0 Å². The molecule has 0 saturated heterocycles. The predicted molar refractivity (Wildman–Crippen MR) is 155 cm³/mol. The third kappa shape index (κ3) is 4.74. The van der Waals surface area contributed by atoms with Gasteiger partial charge in [-0.05, 0) is 78.9 Å². The van der Waals surface area contributed by atoms with Gasteiger partial charge in [0.15, 0.2) is 5.82 Å². The van der Waals surface area contributed by atoms with E-state index in [1.807, 2.05) is 37.3 Å². The molecule has 1 saturated carbocycles. The lowest BCUT2D eigenvalue weighted by atomic mass is 9.96. The summed E-state index contributed by atoms with van der Waals surface area (Å²) in [6.07, 6.45) is 3.73. The van der Waals surface area contributed by atoms with Gasteiger partial charge in [0, 0.05) is 42.0 Å². The van der Waals surface area contributed by atoms with Gasteiger partial charge in [-0.1, -0.05) is 30.3 Å². The zero-order chi connectivity index (χ0) is 28.7. The first-order valence-electron chi connectivity index (χ1n) is 13.5. The number of nitrogens with one attached hydrogen (secondary N) is 2. The van der Waals surface area contributed by atoms with Gasteiger partial charge in [0.05, 0.1) is 12.7 Å². The molecule has 1 aliphatic rings. The Balaban J connectivity index is 1.44. The van der Waals surface area contributed by atoms with E-state index in [1.54, 1.807) is 19.4 Å². The van der Waals surface area contributed by atoms with Gasteiger partial charge in [0.1, 0.15) is 22.8 Å². The van der Waals surface area contributed by atoms with Gasteiger partial charge in [0.2, 0.25) is 0 Å². The van der Waals surface area contributed by atoms with Crippen molar-refractivity contribution in [2.45, 2.75) is 31.8 Å². The van der Waals surface area contributed by atoms with Crippen molar-refractivity contribution in [1.82, 2.24) is 20.2 Å². The largest absolute Gasteiger partial charge is 0.496 e. The van der Waals surface area contributed by atoms with Crippen LogP contribution in [0.4, 0.5) is 8.78 Å². The Kier molecular flexibility index (Phi) is 6.79.